The van der Waals surface area contributed by atoms with Crippen LogP contribution in [0.1, 0.15) is 98.9 Å². The van der Waals surface area contributed by atoms with Crippen LogP contribution < -0.4 is 5.32 Å². The Balaban J connectivity index is 1.18. The minimum atomic E-state index is -0.585. The molecule has 2 N–H and O–H groups in total. The highest BCUT2D eigenvalue weighted by Gasteiger charge is 2.66. The van der Waals surface area contributed by atoms with Gasteiger partial charge >= 0.3 is 0 Å². The molecule has 3 aliphatic carbocycles. The number of nitrogens with zero attached hydrogens (tertiary/aromatic N) is 1. The largest absolute Gasteiger partial charge is 0.374 e. The molecular weight excluding hydrogens is 396 g/mol. The zero-order valence-corrected chi connectivity index (χ0v) is 19.5. The van der Waals surface area contributed by atoms with Crippen molar-refractivity contribution in [2.75, 3.05) is 13.1 Å². The highest BCUT2D eigenvalue weighted by Crippen LogP contribution is 2.56. The van der Waals surface area contributed by atoms with Crippen molar-refractivity contribution in [2.45, 2.75) is 101 Å². The van der Waals surface area contributed by atoms with Gasteiger partial charge in [-0.05, 0) is 61.8 Å². The van der Waals surface area contributed by atoms with Gasteiger partial charge in [-0.1, -0.05) is 56.4 Å². The van der Waals surface area contributed by atoms with E-state index in [1.165, 1.54) is 76.2 Å². The van der Waals surface area contributed by atoms with E-state index in [0.29, 0.717) is 35.3 Å². The fourth-order valence-electron chi connectivity index (χ4n) is 8.52. The number of carbonyl (C=O) groups is 1. The second-order valence-electron chi connectivity index (χ2n) is 11.8. The van der Waals surface area contributed by atoms with E-state index >= 15 is 0 Å². The molecule has 5 fully saturated rings. The quantitative estimate of drug-likeness (QED) is 0.473. The van der Waals surface area contributed by atoms with Gasteiger partial charge < -0.3 is 10.4 Å². The van der Waals surface area contributed by atoms with Crippen LogP contribution in [0.5, 0.6) is 0 Å². The van der Waals surface area contributed by atoms with Gasteiger partial charge in [0.25, 0.3) is 0 Å². The van der Waals surface area contributed by atoms with Crippen LogP contribution in [0.15, 0.2) is 24.3 Å². The minimum Gasteiger partial charge on any atom is -0.374 e. The van der Waals surface area contributed by atoms with Crippen LogP contribution in [-0.2, 0) is 0 Å². The van der Waals surface area contributed by atoms with Crippen molar-refractivity contribution in [3.63, 3.8) is 0 Å². The number of rotatable bonds is 7. The van der Waals surface area contributed by atoms with Gasteiger partial charge in [-0.2, -0.15) is 0 Å². The molecule has 1 spiro atoms. The van der Waals surface area contributed by atoms with Crippen molar-refractivity contribution in [3.05, 3.63) is 35.4 Å². The maximum atomic E-state index is 11.5. The topological polar surface area (TPSA) is 52.3 Å². The van der Waals surface area contributed by atoms with Crippen LogP contribution in [0.4, 0.5) is 0 Å². The molecule has 32 heavy (non-hydrogen) atoms. The Labute approximate surface area is 193 Å². The maximum absolute atomic E-state index is 11.5. The summed E-state index contributed by atoms with van der Waals surface area (Å²) < 4.78 is 0. The van der Waals surface area contributed by atoms with E-state index in [1.807, 2.05) is 12.1 Å². The fraction of sp³-hybridized carbons (Fsp3) is 0.750. The summed E-state index contributed by atoms with van der Waals surface area (Å²) in [4.78, 5) is 13.6. The smallest absolute Gasteiger partial charge is 0.150 e. The average molecular weight is 437 g/mol. The molecule has 3 saturated carbocycles. The predicted octanol–water partition coefficient (Wildman–Crippen LogP) is 4.87. The first-order valence-corrected chi connectivity index (χ1v) is 13.4. The summed E-state index contributed by atoms with van der Waals surface area (Å²) >= 11 is 0. The van der Waals surface area contributed by atoms with Crippen molar-refractivity contribution in [1.82, 2.24) is 10.2 Å². The standard InChI is InChI=1S/C28H40N2O2/c31-18-20-9-11-22(12-10-20)26(21-6-1-2-7-21)24-16-23(28(32)19-30(24)28)17-29-25-8-5-15-27(25)13-3-4-14-27/h9-12,18,21,23-26,29,32H,1-8,13-17,19H2. The molecule has 2 saturated heterocycles. The lowest BCUT2D eigenvalue weighted by molar-refractivity contribution is 0.0571. The lowest BCUT2D eigenvalue weighted by atomic mass is 9.77. The average Bonchev–Trinajstić information content (AvgIpc) is 3.37. The Bertz CT molecular complexity index is 821. The molecule has 0 radical (unpaired) electrons. The van der Waals surface area contributed by atoms with Gasteiger partial charge in [-0.15, -0.1) is 0 Å². The van der Waals surface area contributed by atoms with E-state index in [-0.39, 0.29) is 0 Å². The monoisotopic (exact) mass is 436 g/mol. The summed E-state index contributed by atoms with van der Waals surface area (Å²) in [5.41, 5.74) is 2.11. The van der Waals surface area contributed by atoms with Crippen LogP contribution in [-0.4, -0.2) is 47.2 Å². The number of benzene rings is 1. The number of aliphatic hydroxyl groups is 1. The third-order valence-corrected chi connectivity index (χ3v) is 10.3. The summed E-state index contributed by atoms with van der Waals surface area (Å²) in [7, 11) is 0. The Kier molecular flexibility index (Phi) is 5.47. The minimum absolute atomic E-state index is 0.338. The van der Waals surface area contributed by atoms with Gasteiger partial charge in [0.2, 0.25) is 0 Å². The van der Waals surface area contributed by atoms with Gasteiger partial charge in [0, 0.05) is 42.6 Å². The van der Waals surface area contributed by atoms with Crippen molar-refractivity contribution in [3.8, 4) is 0 Å². The number of nitrogens with one attached hydrogen (secondary N) is 1. The summed E-state index contributed by atoms with van der Waals surface area (Å²) in [6.45, 7) is 1.81. The first-order chi connectivity index (χ1) is 15.6. The van der Waals surface area contributed by atoms with Crippen molar-refractivity contribution in [1.29, 1.82) is 0 Å². The number of hydrogen-bond donors (Lipinski definition) is 2. The molecule has 2 heterocycles. The molecule has 5 aliphatic rings. The zero-order valence-electron chi connectivity index (χ0n) is 19.5. The normalized spacial score (nSPS) is 38.9. The summed E-state index contributed by atoms with van der Waals surface area (Å²) in [6.07, 6.45) is 17.1. The van der Waals surface area contributed by atoms with Gasteiger partial charge in [-0.25, -0.2) is 0 Å². The van der Waals surface area contributed by atoms with Crippen LogP contribution in [0, 0.1) is 17.3 Å². The summed E-state index contributed by atoms with van der Waals surface area (Å²) in [5.74, 6) is 1.52. The lowest BCUT2D eigenvalue weighted by Gasteiger charge is -2.34. The van der Waals surface area contributed by atoms with Crippen LogP contribution in [0.3, 0.4) is 0 Å². The zero-order chi connectivity index (χ0) is 21.8. The highest BCUT2D eigenvalue weighted by molar-refractivity contribution is 5.74. The molecular formula is C28H40N2O2. The van der Waals surface area contributed by atoms with Gasteiger partial charge in [0.15, 0.2) is 0 Å². The molecule has 6 rings (SSSR count). The molecule has 0 amide bonds. The molecule has 1 aromatic rings. The molecule has 4 heteroatoms. The molecule has 1 aromatic carbocycles. The first-order valence-electron chi connectivity index (χ1n) is 13.4. The van der Waals surface area contributed by atoms with Gasteiger partial charge in [0.1, 0.15) is 12.0 Å². The molecule has 174 valence electrons. The maximum Gasteiger partial charge on any atom is 0.150 e. The van der Waals surface area contributed by atoms with Crippen molar-refractivity contribution in [2.24, 2.45) is 17.3 Å². The summed E-state index contributed by atoms with van der Waals surface area (Å²) in [5, 5.41) is 15.5. The third-order valence-electron chi connectivity index (χ3n) is 10.3. The number of fused-ring (bicyclic) bond motifs is 1. The Morgan fingerprint density at radius 3 is 2.47 bits per heavy atom. The van der Waals surface area contributed by atoms with Crippen LogP contribution in [0.2, 0.25) is 0 Å². The molecule has 0 aromatic heterocycles. The number of hydrogen-bond acceptors (Lipinski definition) is 4. The first kappa shape index (κ1) is 21.3. The van der Waals surface area contributed by atoms with E-state index in [1.54, 1.807) is 0 Å². The second-order valence-corrected chi connectivity index (χ2v) is 11.8. The van der Waals surface area contributed by atoms with Crippen molar-refractivity contribution < 1.29 is 9.90 Å². The van der Waals surface area contributed by atoms with Gasteiger partial charge in [-0.3, -0.25) is 9.69 Å². The summed E-state index contributed by atoms with van der Waals surface area (Å²) in [6, 6.07) is 9.43. The lowest BCUT2D eigenvalue weighted by Crippen LogP contribution is -2.44. The van der Waals surface area contributed by atoms with E-state index in [2.05, 4.69) is 22.3 Å². The van der Waals surface area contributed by atoms with E-state index in [9.17, 15) is 9.90 Å². The Hall–Kier alpha value is -1.23. The Morgan fingerprint density at radius 2 is 1.75 bits per heavy atom. The number of aldehydes is 1. The fourth-order valence-corrected chi connectivity index (χ4v) is 8.52. The molecule has 4 nitrogen and oxygen atoms in total. The Morgan fingerprint density at radius 1 is 1.03 bits per heavy atom. The number of carbonyl (C=O) groups excluding carboxylic acids is 1. The van der Waals surface area contributed by atoms with Crippen LogP contribution >= 0.6 is 0 Å². The third kappa shape index (κ3) is 3.49. The highest BCUT2D eigenvalue weighted by atomic mass is 16.3. The van der Waals surface area contributed by atoms with E-state index < -0.39 is 5.72 Å². The molecule has 2 aliphatic heterocycles. The van der Waals surface area contributed by atoms with Crippen LogP contribution in [0.25, 0.3) is 0 Å². The number of piperidine rings is 1. The SMILES string of the molecule is O=Cc1ccc(C(C2CCCC2)C2CC(CNC3CCCC34CCCC4)C3(O)CN23)cc1. The predicted molar refractivity (Wildman–Crippen MR) is 127 cm³/mol. The molecule has 6 atom stereocenters. The van der Waals surface area contributed by atoms with Gasteiger partial charge in [0.05, 0.1) is 0 Å². The van der Waals surface area contributed by atoms with Crippen molar-refractivity contribution >= 4 is 6.29 Å². The van der Waals surface area contributed by atoms with E-state index in [0.717, 1.165) is 31.4 Å². The molecule has 6 unspecified atom stereocenters. The second kappa shape index (κ2) is 8.21. The van der Waals surface area contributed by atoms with E-state index in [4.69, 9.17) is 0 Å². The molecule has 0 bridgehead atoms.